The summed E-state index contributed by atoms with van der Waals surface area (Å²) in [6, 6.07) is 0.00654. The van der Waals surface area contributed by atoms with Gasteiger partial charge in [0.15, 0.2) is 0 Å². The van der Waals surface area contributed by atoms with Crippen LogP contribution >= 0.6 is 11.8 Å². The third-order valence-corrected chi connectivity index (χ3v) is 4.87. The second-order valence-electron chi connectivity index (χ2n) is 8.29. The van der Waals surface area contributed by atoms with Crippen molar-refractivity contribution in [1.29, 1.82) is 0 Å². The third-order valence-electron chi connectivity index (χ3n) is 3.49. The molecule has 1 amide bonds. The molecule has 1 saturated heterocycles. The number of ether oxygens (including phenoxy) is 2. The first-order valence-corrected chi connectivity index (χ1v) is 9.72. The van der Waals surface area contributed by atoms with E-state index >= 15 is 0 Å². The molecule has 0 spiro atoms. The highest BCUT2D eigenvalue weighted by Gasteiger charge is 2.39. The molecule has 1 aliphatic heterocycles. The van der Waals surface area contributed by atoms with Crippen LogP contribution in [0.15, 0.2) is 6.20 Å². The Kier molecular flexibility index (Phi) is 6.07. The van der Waals surface area contributed by atoms with Crippen molar-refractivity contribution in [2.75, 3.05) is 12.4 Å². The van der Waals surface area contributed by atoms with Crippen molar-refractivity contribution in [3.8, 4) is 11.9 Å². The molecule has 0 saturated carbocycles. The smallest absolute Gasteiger partial charge is 0.320 e. The summed E-state index contributed by atoms with van der Waals surface area (Å²) in [4.78, 5) is 22.6. The Morgan fingerprint density at radius 1 is 1.27 bits per heavy atom. The van der Waals surface area contributed by atoms with E-state index < -0.39 is 11.2 Å². The summed E-state index contributed by atoms with van der Waals surface area (Å²) in [7, 11) is 0. The number of amides is 1. The van der Waals surface area contributed by atoms with Crippen LogP contribution in [-0.2, 0) is 4.79 Å². The molecule has 26 heavy (non-hydrogen) atoms. The van der Waals surface area contributed by atoms with E-state index in [0.717, 1.165) is 0 Å². The Labute approximate surface area is 159 Å². The molecular formula is C18H29N3O4S. The second-order valence-corrected chi connectivity index (χ2v) is 9.40. The fourth-order valence-electron chi connectivity index (χ4n) is 2.58. The topological polar surface area (TPSA) is 84.8 Å². The maximum absolute atomic E-state index is 12.1. The monoisotopic (exact) mass is 383 g/mol. The molecule has 7 nitrogen and oxygen atoms in total. The van der Waals surface area contributed by atoms with Gasteiger partial charge in [0.25, 0.3) is 0 Å². The summed E-state index contributed by atoms with van der Waals surface area (Å²) < 4.78 is 11.8. The number of rotatable bonds is 4. The third kappa shape index (κ3) is 5.23. The largest absolute Gasteiger partial charge is 0.472 e. The quantitative estimate of drug-likeness (QED) is 0.856. The average Bonchev–Trinajstić information content (AvgIpc) is 2.88. The SMILES string of the molecule is CC(=O)N1[C@@H](CO)CS[C@H]1c1cnc(OC(C)(C)C)nc1OC(C)(C)C. The molecule has 0 aromatic carbocycles. The lowest BCUT2D eigenvalue weighted by Crippen LogP contribution is -2.39. The van der Waals surface area contributed by atoms with Gasteiger partial charge >= 0.3 is 6.01 Å². The molecule has 0 radical (unpaired) electrons. The van der Waals surface area contributed by atoms with Crippen molar-refractivity contribution < 1.29 is 19.4 Å². The molecule has 1 aromatic heterocycles. The van der Waals surface area contributed by atoms with Crippen LogP contribution in [0.3, 0.4) is 0 Å². The number of aromatic nitrogens is 2. The van der Waals surface area contributed by atoms with Crippen LogP contribution in [0.5, 0.6) is 11.9 Å². The van der Waals surface area contributed by atoms with E-state index in [-0.39, 0.29) is 29.9 Å². The maximum atomic E-state index is 12.1. The molecule has 0 unspecified atom stereocenters. The molecule has 0 bridgehead atoms. The van der Waals surface area contributed by atoms with E-state index in [2.05, 4.69) is 9.97 Å². The van der Waals surface area contributed by atoms with Gasteiger partial charge in [0.1, 0.15) is 16.6 Å². The molecule has 1 aliphatic rings. The summed E-state index contributed by atoms with van der Waals surface area (Å²) in [5.41, 5.74) is -0.198. The zero-order chi connectivity index (χ0) is 19.7. The molecule has 1 N–H and O–H groups in total. The van der Waals surface area contributed by atoms with Gasteiger partial charge in [-0.2, -0.15) is 4.98 Å². The minimum atomic E-state index is -0.469. The van der Waals surface area contributed by atoms with Crippen molar-refractivity contribution in [2.45, 2.75) is 71.1 Å². The van der Waals surface area contributed by atoms with E-state index in [1.54, 1.807) is 22.9 Å². The Hall–Kier alpha value is -1.54. The van der Waals surface area contributed by atoms with Crippen molar-refractivity contribution in [1.82, 2.24) is 14.9 Å². The first-order chi connectivity index (χ1) is 11.9. The number of carbonyl (C=O) groups is 1. The fraction of sp³-hybridized carbons (Fsp3) is 0.722. The number of carbonyl (C=O) groups excluding carboxylic acids is 1. The number of hydrogen-bond acceptors (Lipinski definition) is 7. The van der Waals surface area contributed by atoms with E-state index in [4.69, 9.17) is 9.47 Å². The van der Waals surface area contributed by atoms with Gasteiger partial charge in [0, 0.05) is 18.9 Å². The average molecular weight is 384 g/mol. The number of thioether (sulfide) groups is 1. The fourth-order valence-corrected chi connectivity index (χ4v) is 4.07. The predicted molar refractivity (Wildman–Crippen MR) is 101 cm³/mol. The predicted octanol–water partition coefficient (Wildman–Crippen LogP) is 2.79. The number of aliphatic hydroxyl groups excluding tert-OH is 1. The van der Waals surface area contributed by atoms with Crippen LogP contribution in [0.2, 0.25) is 0 Å². The number of aliphatic hydroxyl groups is 1. The summed E-state index contributed by atoms with van der Waals surface area (Å²) in [6.07, 6.45) is 1.66. The molecule has 1 aromatic rings. The van der Waals surface area contributed by atoms with Gasteiger partial charge in [-0.05, 0) is 41.5 Å². The van der Waals surface area contributed by atoms with Crippen LogP contribution < -0.4 is 9.47 Å². The summed E-state index contributed by atoms with van der Waals surface area (Å²) in [5, 5.41) is 9.29. The second kappa shape index (κ2) is 7.60. The maximum Gasteiger partial charge on any atom is 0.320 e. The van der Waals surface area contributed by atoms with E-state index in [1.807, 2.05) is 41.5 Å². The molecule has 0 aliphatic carbocycles. The van der Waals surface area contributed by atoms with Crippen molar-refractivity contribution in [2.24, 2.45) is 0 Å². The highest BCUT2D eigenvalue weighted by molar-refractivity contribution is 7.99. The molecule has 2 rings (SSSR count). The lowest BCUT2D eigenvalue weighted by Gasteiger charge is -2.30. The molecule has 146 valence electrons. The van der Waals surface area contributed by atoms with Crippen LogP contribution in [0, 0.1) is 0 Å². The summed E-state index contributed by atoms with van der Waals surface area (Å²) >= 11 is 1.57. The highest BCUT2D eigenvalue weighted by atomic mass is 32.2. The molecular weight excluding hydrogens is 354 g/mol. The summed E-state index contributed by atoms with van der Waals surface area (Å²) in [5.74, 6) is 0.945. The first kappa shape index (κ1) is 20.8. The van der Waals surface area contributed by atoms with Gasteiger partial charge < -0.3 is 19.5 Å². The van der Waals surface area contributed by atoms with E-state index in [1.165, 1.54) is 6.92 Å². The van der Waals surface area contributed by atoms with E-state index in [0.29, 0.717) is 17.2 Å². The van der Waals surface area contributed by atoms with Crippen molar-refractivity contribution >= 4 is 17.7 Å². The molecule has 1 fully saturated rings. The molecule has 2 heterocycles. The Balaban J connectivity index is 2.44. The lowest BCUT2D eigenvalue weighted by molar-refractivity contribution is -0.131. The zero-order valence-corrected chi connectivity index (χ0v) is 17.4. The summed E-state index contributed by atoms with van der Waals surface area (Å²) in [6.45, 7) is 13.0. The normalized spacial score (nSPS) is 21.0. The zero-order valence-electron chi connectivity index (χ0n) is 16.6. The van der Waals surface area contributed by atoms with Gasteiger partial charge in [0.05, 0.1) is 18.2 Å². The van der Waals surface area contributed by atoms with Crippen LogP contribution in [0.1, 0.15) is 59.4 Å². The van der Waals surface area contributed by atoms with Crippen LogP contribution in [-0.4, -0.2) is 55.5 Å². The Morgan fingerprint density at radius 2 is 1.88 bits per heavy atom. The molecule has 2 atom stereocenters. The minimum Gasteiger partial charge on any atom is -0.472 e. The van der Waals surface area contributed by atoms with Gasteiger partial charge in [-0.25, -0.2) is 4.98 Å². The highest BCUT2D eigenvalue weighted by Crippen LogP contribution is 2.44. The van der Waals surface area contributed by atoms with Crippen molar-refractivity contribution in [3.05, 3.63) is 11.8 Å². The number of nitrogens with zero attached hydrogens (tertiary/aromatic N) is 3. The molecule has 8 heteroatoms. The van der Waals surface area contributed by atoms with Gasteiger partial charge in [-0.1, -0.05) is 0 Å². The number of hydrogen-bond donors (Lipinski definition) is 1. The van der Waals surface area contributed by atoms with Crippen molar-refractivity contribution in [3.63, 3.8) is 0 Å². The Bertz CT molecular complexity index is 655. The van der Waals surface area contributed by atoms with Crippen LogP contribution in [0.4, 0.5) is 0 Å². The van der Waals surface area contributed by atoms with Gasteiger partial charge in [0.2, 0.25) is 11.8 Å². The van der Waals surface area contributed by atoms with Gasteiger partial charge in [-0.3, -0.25) is 4.79 Å². The van der Waals surface area contributed by atoms with E-state index in [9.17, 15) is 9.90 Å². The lowest BCUT2D eigenvalue weighted by atomic mass is 10.2. The van der Waals surface area contributed by atoms with Crippen LogP contribution in [0.25, 0.3) is 0 Å². The van der Waals surface area contributed by atoms with Gasteiger partial charge in [-0.15, -0.1) is 11.8 Å². The Morgan fingerprint density at radius 3 is 2.38 bits per heavy atom. The minimum absolute atomic E-state index is 0.0788. The standard InChI is InChI=1S/C18H29N3O4S/c1-11(23)21-12(9-22)10-26-15(21)13-8-19-16(25-18(5,6)7)20-14(13)24-17(2,3)4/h8,12,15,22H,9-10H2,1-7H3/t12-,15-/m0/s1. The first-order valence-electron chi connectivity index (χ1n) is 8.67.